The molecule has 1 heterocycles. The van der Waals surface area contributed by atoms with Crippen LogP contribution in [0.1, 0.15) is 20.8 Å². The maximum Gasteiger partial charge on any atom is 0.261 e. The van der Waals surface area contributed by atoms with Gasteiger partial charge < -0.3 is 4.43 Å². The van der Waals surface area contributed by atoms with Gasteiger partial charge in [-0.2, -0.15) is 0 Å². The molecule has 0 atom stereocenters. The van der Waals surface area contributed by atoms with Crippen LogP contribution in [0, 0.1) is 0 Å². The van der Waals surface area contributed by atoms with E-state index in [9.17, 15) is 8.42 Å². The maximum absolute atomic E-state index is 12.2. The second-order valence-corrected chi connectivity index (χ2v) is 14.2. The van der Waals surface area contributed by atoms with Crippen LogP contribution in [0.3, 0.4) is 0 Å². The number of benzene rings is 2. The molecule has 0 amide bonds. The van der Waals surface area contributed by atoms with Gasteiger partial charge in [-0.05, 0) is 27.1 Å². The Morgan fingerprint density at radius 2 is 1.43 bits per heavy atom. The molecule has 6 heteroatoms. The van der Waals surface area contributed by atoms with Crippen LogP contribution in [-0.4, -0.2) is 34.7 Å². The van der Waals surface area contributed by atoms with Gasteiger partial charge in [0.1, 0.15) is 0 Å². The van der Waals surface area contributed by atoms with Crippen LogP contribution in [0.2, 0.25) is 5.04 Å². The first-order valence-electron chi connectivity index (χ1n) is 9.29. The van der Waals surface area contributed by atoms with Crippen molar-refractivity contribution in [3.05, 3.63) is 83.9 Å². The lowest BCUT2D eigenvalue weighted by atomic mass is 10.2. The maximum atomic E-state index is 12.2. The Hall–Kier alpha value is -2.15. The zero-order valence-electron chi connectivity index (χ0n) is 16.8. The average molecular weight is 414 g/mol. The lowest BCUT2D eigenvalue weighted by Gasteiger charge is -2.43. The molecule has 0 N–H and O–H groups in total. The number of nitrogens with zero attached hydrogens (tertiary/aromatic N) is 1. The van der Waals surface area contributed by atoms with Crippen molar-refractivity contribution in [1.29, 1.82) is 0 Å². The molecule has 0 aromatic heterocycles. The predicted molar refractivity (Wildman–Crippen MR) is 117 cm³/mol. The smallest absolute Gasteiger partial charge is 0.261 e. The van der Waals surface area contributed by atoms with Gasteiger partial charge in [0.15, 0.2) is 0 Å². The van der Waals surface area contributed by atoms with Crippen LogP contribution in [0.4, 0.5) is 0 Å². The van der Waals surface area contributed by atoms with Crippen LogP contribution in [0.25, 0.3) is 0 Å². The molecule has 0 saturated carbocycles. The van der Waals surface area contributed by atoms with Crippen LogP contribution < -0.4 is 10.4 Å². The predicted octanol–water partition coefficient (Wildman–Crippen LogP) is 3.24. The Bertz CT molecular complexity index is 938. The van der Waals surface area contributed by atoms with Gasteiger partial charge in [0, 0.05) is 13.2 Å². The van der Waals surface area contributed by atoms with E-state index in [4.69, 9.17) is 4.43 Å². The summed E-state index contributed by atoms with van der Waals surface area (Å²) in [6.45, 7) is 6.86. The summed E-state index contributed by atoms with van der Waals surface area (Å²) < 4.78 is 32.4. The summed E-state index contributed by atoms with van der Waals surface area (Å²) in [5, 5.41) is 3.50. The zero-order valence-corrected chi connectivity index (χ0v) is 18.6. The van der Waals surface area contributed by atoms with Crippen molar-refractivity contribution in [1.82, 2.24) is 4.31 Å². The molecule has 0 unspecified atom stereocenters. The van der Waals surface area contributed by atoms with Crippen molar-refractivity contribution in [3.63, 3.8) is 0 Å². The molecule has 4 nitrogen and oxygen atoms in total. The summed E-state index contributed by atoms with van der Waals surface area (Å²) in [5.41, 5.74) is 0.658. The fourth-order valence-electron chi connectivity index (χ4n) is 3.63. The van der Waals surface area contributed by atoms with Crippen molar-refractivity contribution in [2.24, 2.45) is 0 Å². The van der Waals surface area contributed by atoms with E-state index < -0.39 is 18.3 Å². The Labute approximate surface area is 169 Å². The zero-order chi connectivity index (χ0) is 20.4. The Morgan fingerprint density at radius 3 is 1.86 bits per heavy atom. The molecule has 0 bridgehead atoms. The number of rotatable bonds is 5. The summed E-state index contributed by atoms with van der Waals surface area (Å²) >= 11 is 0. The van der Waals surface area contributed by atoms with E-state index in [1.54, 1.807) is 12.3 Å². The molecule has 0 fully saturated rings. The van der Waals surface area contributed by atoms with Crippen molar-refractivity contribution in [2.75, 3.05) is 13.7 Å². The lowest BCUT2D eigenvalue weighted by Crippen LogP contribution is -2.66. The van der Waals surface area contributed by atoms with E-state index in [0.717, 1.165) is 0 Å². The van der Waals surface area contributed by atoms with Gasteiger partial charge in [0.25, 0.3) is 18.3 Å². The molecule has 0 spiro atoms. The van der Waals surface area contributed by atoms with E-state index in [0.29, 0.717) is 5.57 Å². The standard InChI is InChI=1S/C22H27NO3SSi/c1-22(2,3)28(20-11-7-5-8-12-20,21-13-9-6-10-14-21)26-17-19-15-16-23(4)27(24,25)18-19/h5-16,18H,17H2,1-4H3. The fraction of sp³-hybridized carbons (Fsp3) is 0.273. The molecule has 1 aliphatic rings. The molecule has 2 aromatic carbocycles. The summed E-state index contributed by atoms with van der Waals surface area (Å²) in [4.78, 5) is 0. The van der Waals surface area contributed by atoms with Crippen molar-refractivity contribution in [3.8, 4) is 0 Å². The van der Waals surface area contributed by atoms with Crippen LogP contribution >= 0.6 is 0 Å². The highest BCUT2D eigenvalue weighted by atomic mass is 32.2. The normalized spacial score (nSPS) is 16.7. The monoisotopic (exact) mass is 413 g/mol. The molecular weight excluding hydrogens is 386 g/mol. The molecule has 148 valence electrons. The SMILES string of the molecule is CN1C=CC(CO[Si](c2ccccc2)(c2ccccc2)C(C)(C)C)=CS1(=O)=O. The van der Waals surface area contributed by atoms with Gasteiger partial charge >= 0.3 is 0 Å². The highest BCUT2D eigenvalue weighted by molar-refractivity contribution is 7.92. The third-order valence-electron chi connectivity index (χ3n) is 5.07. The quantitative estimate of drug-likeness (QED) is 0.707. The van der Waals surface area contributed by atoms with Crippen molar-refractivity contribution < 1.29 is 12.8 Å². The molecule has 3 rings (SSSR count). The van der Waals surface area contributed by atoms with E-state index in [1.807, 2.05) is 36.4 Å². The van der Waals surface area contributed by atoms with E-state index in [2.05, 4.69) is 45.0 Å². The first-order valence-corrected chi connectivity index (χ1v) is 12.7. The highest BCUT2D eigenvalue weighted by Crippen LogP contribution is 2.37. The number of hydrogen-bond acceptors (Lipinski definition) is 3. The molecule has 2 aromatic rings. The van der Waals surface area contributed by atoms with Gasteiger partial charge in [0.2, 0.25) is 0 Å². The first-order chi connectivity index (χ1) is 13.2. The van der Waals surface area contributed by atoms with Gasteiger partial charge in [-0.1, -0.05) is 81.4 Å². The third kappa shape index (κ3) is 3.85. The first kappa shape index (κ1) is 20.6. The molecule has 0 radical (unpaired) electrons. The number of sulfonamides is 1. The Balaban J connectivity index is 2.08. The van der Waals surface area contributed by atoms with Gasteiger partial charge in [0.05, 0.1) is 12.0 Å². The molecule has 0 aliphatic carbocycles. The largest absolute Gasteiger partial charge is 0.403 e. The van der Waals surface area contributed by atoms with Crippen LogP contribution in [0.15, 0.2) is 83.9 Å². The van der Waals surface area contributed by atoms with Gasteiger partial charge in [-0.25, -0.2) is 8.42 Å². The van der Waals surface area contributed by atoms with Crippen LogP contribution in [0.5, 0.6) is 0 Å². The molecule has 0 saturated heterocycles. The third-order valence-corrected chi connectivity index (χ3v) is 11.6. The molecule has 28 heavy (non-hydrogen) atoms. The summed E-state index contributed by atoms with van der Waals surface area (Å²) in [5.74, 6) is 0. The molecular formula is C22H27NO3SSi. The Morgan fingerprint density at radius 1 is 0.929 bits per heavy atom. The summed E-state index contributed by atoms with van der Waals surface area (Å²) in [6, 6.07) is 20.7. The minimum absolute atomic E-state index is 0.148. The summed E-state index contributed by atoms with van der Waals surface area (Å²) in [6.07, 6.45) is 3.37. The van der Waals surface area contributed by atoms with E-state index >= 15 is 0 Å². The Kier molecular flexibility index (Phi) is 5.66. The number of hydrogen-bond donors (Lipinski definition) is 0. The van der Waals surface area contributed by atoms with Crippen LogP contribution in [-0.2, 0) is 14.4 Å². The average Bonchev–Trinajstić information content (AvgIpc) is 2.65. The highest BCUT2D eigenvalue weighted by Gasteiger charge is 2.50. The minimum Gasteiger partial charge on any atom is -0.403 e. The second-order valence-electron chi connectivity index (χ2n) is 8.02. The molecule has 1 aliphatic heterocycles. The summed E-state index contributed by atoms with van der Waals surface area (Å²) in [7, 11) is -4.57. The van der Waals surface area contributed by atoms with E-state index in [-0.39, 0.29) is 11.6 Å². The van der Waals surface area contributed by atoms with Gasteiger partial charge in [-0.3, -0.25) is 4.31 Å². The van der Waals surface area contributed by atoms with Crippen molar-refractivity contribution in [2.45, 2.75) is 25.8 Å². The topological polar surface area (TPSA) is 46.6 Å². The minimum atomic E-state index is -3.42. The fourth-order valence-corrected chi connectivity index (χ4v) is 9.10. The van der Waals surface area contributed by atoms with Crippen molar-refractivity contribution >= 4 is 28.7 Å². The lowest BCUT2D eigenvalue weighted by molar-refractivity contribution is 0.332. The van der Waals surface area contributed by atoms with E-state index in [1.165, 1.54) is 27.1 Å². The second kappa shape index (κ2) is 7.70. The van der Waals surface area contributed by atoms with Gasteiger partial charge in [-0.15, -0.1) is 0 Å².